The van der Waals surface area contributed by atoms with E-state index in [-0.39, 0.29) is 5.91 Å². The maximum atomic E-state index is 12.7. The molecule has 0 aliphatic heterocycles. The fourth-order valence-electron chi connectivity index (χ4n) is 2.81. The van der Waals surface area contributed by atoms with Gasteiger partial charge in [0.2, 0.25) is 5.91 Å². The van der Waals surface area contributed by atoms with E-state index >= 15 is 0 Å². The van der Waals surface area contributed by atoms with Gasteiger partial charge in [-0.05, 0) is 61.2 Å². The molecular weight excluding hydrogens is 326 g/mol. The summed E-state index contributed by atoms with van der Waals surface area (Å²) in [6, 6.07) is 16.0. The normalized spacial score (nSPS) is 13.6. The van der Waals surface area contributed by atoms with E-state index in [1.54, 1.807) is 13.2 Å². The predicted molar refractivity (Wildman–Crippen MR) is 103 cm³/mol. The molecule has 0 radical (unpaired) electrons. The third kappa shape index (κ3) is 4.88. The Balaban J connectivity index is 1.64. The Hall–Kier alpha value is -2.75. The molecule has 0 heterocycles. The minimum absolute atomic E-state index is 0.0530. The summed E-state index contributed by atoms with van der Waals surface area (Å²) >= 11 is 0. The van der Waals surface area contributed by atoms with Gasteiger partial charge in [0.1, 0.15) is 11.5 Å². The van der Waals surface area contributed by atoms with E-state index in [1.165, 1.54) is 0 Å². The third-order valence-electron chi connectivity index (χ3n) is 4.39. The van der Waals surface area contributed by atoms with Crippen molar-refractivity contribution in [3.05, 3.63) is 65.7 Å². The predicted octanol–water partition coefficient (Wildman–Crippen LogP) is 4.30. The smallest absolute Gasteiger partial charge is 0.247 e. The molecule has 4 nitrogen and oxygen atoms in total. The Morgan fingerprint density at radius 3 is 2.31 bits per heavy atom. The number of methoxy groups -OCH3 is 1. The van der Waals surface area contributed by atoms with Crippen LogP contribution in [0, 0.1) is 0 Å². The average molecular weight is 351 g/mol. The van der Waals surface area contributed by atoms with Crippen LogP contribution in [-0.2, 0) is 11.3 Å². The van der Waals surface area contributed by atoms with Crippen LogP contribution in [-0.4, -0.2) is 30.6 Å². The van der Waals surface area contributed by atoms with Crippen LogP contribution in [0.2, 0.25) is 0 Å². The molecular formula is C22H25NO3. The zero-order valence-corrected chi connectivity index (χ0v) is 15.4. The molecule has 1 fully saturated rings. The molecule has 0 atom stereocenters. The van der Waals surface area contributed by atoms with Gasteiger partial charge in [-0.15, -0.1) is 0 Å². The number of benzene rings is 2. The van der Waals surface area contributed by atoms with Crippen molar-refractivity contribution in [3.8, 4) is 11.5 Å². The minimum Gasteiger partial charge on any atom is -0.497 e. The van der Waals surface area contributed by atoms with E-state index in [0.717, 1.165) is 35.5 Å². The number of rotatable bonds is 8. The van der Waals surface area contributed by atoms with Crippen LogP contribution in [0.5, 0.6) is 11.5 Å². The molecule has 0 spiro atoms. The molecule has 0 aromatic heterocycles. The Bertz CT molecular complexity index is 746. The first-order chi connectivity index (χ1) is 12.7. The van der Waals surface area contributed by atoms with E-state index in [2.05, 4.69) is 0 Å². The molecule has 2 aromatic rings. The molecule has 2 aromatic carbocycles. The van der Waals surface area contributed by atoms with Gasteiger partial charge in [-0.3, -0.25) is 4.79 Å². The van der Waals surface area contributed by atoms with Crippen LogP contribution in [0.4, 0.5) is 0 Å². The van der Waals surface area contributed by atoms with Crippen molar-refractivity contribution in [2.45, 2.75) is 32.4 Å². The lowest BCUT2D eigenvalue weighted by Gasteiger charge is -2.21. The van der Waals surface area contributed by atoms with E-state index in [0.29, 0.717) is 19.2 Å². The van der Waals surface area contributed by atoms with Crippen LogP contribution in [0.15, 0.2) is 54.6 Å². The summed E-state index contributed by atoms with van der Waals surface area (Å²) < 4.78 is 10.6. The summed E-state index contributed by atoms with van der Waals surface area (Å²) in [6.45, 7) is 3.23. The van der Waals surface area contributed by atoms with Crippen LogP contribution in [0.3, 0.4) is 0 Å². The zero-order valence-electron chi connectivity index (χ0n) is 15.4. The molecule has 26 heavy (non-hydrogen) atoms. The monoisotopic (exact) mass is 351 g/mol. The number of ether oxygens (including phenoxy) is 2. The van der Waals surface area contributed by atoms with Crippen LogP contribution < -0.4 is 9.47 Å². The lowest BCUT2D eigenvalue weighted by molar-refractivity contribution is -0.127. The van der Waals surface area contributed by atoms with Gasteiger partial charge in [-0.2, -0.15) is 0 Å². The van der Waals surface area contributed by atoms with Gasteiger partial charge in [0, 0.05) is 18.7 Å². The largest absolute Gasteiger partial charge is 0.497 e. The molecule has 1 amide bonds. The molecule has 0 unspecified atom stereocenters. The first-order valence-electron chi connectivity index (χ1n) is 9.04. The average Bonchev–Trinajstić information content (AvgIpc) is 3.51. The Morgan fingerprint density at radius 2 is 1.73 bits per heavy atom. The number of hydrogen-bond acceptors (Lipinski definition) is 3. The highest BCUT2D eigenvalue weighted by atomic mass is 16.5. The van der Waals surface area contributed by atoms with Crippen molar-refractivity contribution in [2.75, 3.05) is 13.7 Å². The van der Waals surface area contributed by atoms with Gasteiger partial charge in [-0.1, -0.05) is 24.3 Å². The van der Waals surface area contributed by atoms with Crippen molar-refractivity contribution >= 4 is 12.0 Å². The Labute approximate surface area is 155 Å². The fourth-order valence-corrected chi connectivity index (χ4v) is 2.81. The van der Waals surface area contributed by atoms with Crippen molar-refractivity contribution < 1.29 is 14.3 Å². The second-order valence-corrected chi connectivity index (χ2v) is 6.38. The van der Waals surface area contributed by atoms with Crippen LogP contribution >= 0.6 is 0 Å². The number of carbonyl (C=O) groups excluding carboxylic acids is 1. The van der Waals surface area contributed by atoms with Crippen LogP contribution in [0.25, 0.3) is 6.08 Å². The molecule has 0 bridgehead atoms. The van der Waals surface area contributed by atoms with Gasteiger partial charge in [0.25, 0.3) is 0 Å². The second-order valence-electron chi connectivity index (χ2n) is 6.38. The Morgan fingerprint density at radius 1 is 1.08 bits per heavy atom. The van der Waals surface area contributed by atoms with Crippen molar-refractivity contribution in [3.63, 3.8) is 0 Å². The maximum Gasteiger partial charge on any atom is 0.247 e. The molecule has 3 rings (SSSR count). The lowest BCUT2D eigenvalue weighted by atomic mass is 10.2. The van der Waals surface area contributed by atoms with Gasteiger partial charge >= 0.3 is 0 Å². The van der Waals surface area contributed by atoms with Crippen molar-refractivity contribution in [1.82, 2.24) is 4.90 Å². The highest BCUT2D eigenvalue weighted by Crippen LogP contribution is 2.29. The summed E-state index contributed by atoms with van der Waals surface area (Å²) in [5.41, 5.74) is 2.10. The molecule has 1 saturated carbocycles. The van der Waals surface area contributed by atoms with Crippen molar-refractivity contribution in [2.24, 2.45) is 0 Å². The van der Waals surface area contributed by atoms with Gasteiger partial charge < -0.3 is 14.4 Å². The van der Waals surface area contributed by atoms with Gasteiger partial charge in [0.15, 0.2) is 0 Å². The minimum atomic E-state index is 0.0530. The highest BCUT2D eigenvalue weighted by molar-refractivity contribution is 5.92. The topological polar surface area (TPSA) is 38.8 Å². The number of nitrogens with zero attached hydrogens (tertiary/aromatic N) is 1. The summed E-state index contributed by atoms with van der Waals surface area (Å²) in [6.07, 6.45) is 5.69. The molecule has 1 aliphatic carbocycles. The fraction of sp³-hybridized carbons (Fsp3) is 0.318. The summed E-state index contributed by atoms with van der Waals surface area (Å²) in [4.78, 5) is 14.6. The molecule has 1 aliphatic rings. The number of amides is 1. The quantitative estimate of drug-likeness (QED) is 0.666. The second kappa shape index (κ2) is 8.56. The van der Waals surface area contributed by atoms with E-state index < -0.39 is 0 Å². The van der Waals surface area contributed by atoms with Crippen LogP contribution in [0.1, 0.15) is 30.9 Å². The number of carbonyl (C=O) groups is 1. The molecule has 0 saturated heterocycles. The molecule has 4 heteroatoms. The van der Waals surface area contributed by atoms with E-state index in [4.69, 9.17) is 9.47 Å². The lowest BCUT2D eigenvalue weighted by Crippen LogP contribution is -2.31. The zero-order chi connectivity index (χ0) is 18.4. The molecule has 0 N–H and O–H groups in total. The first kappa shape index (κ1) is 18.1. The number of hydrogen-bond donors (Lipinski definition) is 0. The van der Waals surface area contributed by atoms with Gasteiger partial charge in [-0.25, -0.2) is 0 Å². The maximum absolute atomic E-state index is 12.7. The SMILES string of the molecule is CCOc1ccc(/C=C/C(=O)N(Cc2ccc(OC)cc2)C2CC2)cc1. The third-order valence-corrected chi connectivity index (χ3v) is 4.39. The standard InChI is InChI=1S/C22H25NO3/c1-3-26-21-13-4-17(5-14-21)8-15-22(24)23(19-9-10-19)16-18-6-11-20(25-2)12-7-18/h4-8,11-15,19H,3,9-10,16H2,1-2H3/b15-8+. The highest BCUT2D eigenvalue weighted by Gasteiger charge is 2.31. The van der Waals surface area contributed by atoms with E-state index in [9.17, 15) is 4.79 Å². The summed E-state index contributed by atoms with van der Waals surface area (Å²) in [5, 5.41) is 0. The van der Waals surface area contributed by atoms with Gasteiger partial charge in [0.05, 0.1) is 13.7 Å². The first-order valence-corrected chi connectivity index (χ1v) is 9.04. The van der Waals surface area contributed by atoms with Crippen molar-refractivity contribution in [1.29, 1.82) is 0 Å². The van der Waals surface area contributed by atoms with E-state index in [1.807, 2.05) is 66.4 Å². The summed E-state index contributed by atoms with van der Waals surface area (Å²) in [5.74, 6) is 1.72. The molecule has 136 valence electrons. The Kier molecular flexibility index (Phi) is 5.95. The summed E-state index contributed by atoms with van der Waals surface area (Å²) in [7, 11) is 1.65.